The molecule has 0 unspecified atom stereocenters. The molecule has 1 saturated heterocycles. The topological polar surface area (TPSA) is 101 Å². The van der Waals surface area contributed by atoms with Gasteiger partial charge in [0.25, 0.3) is 5.91 Å². The molecule has 0 bridgehead atoms. The lowest BCUT2D eigenvalue weighted by Crippen LogP contribution is -2.36. The SMILES string of the molecule is O=C(Nc1ccc(N2CCOCC2)cn1)c1cccc(S(=O)(=O)NCC(F)(F)F)c1. The number of anilines is 2. The van der Waals surface area contributed by atoms with Crippen molar-refractivity contribution in [2.24, 2.45) is 0 Å². The first-order chi connectivity index (χ1) is 14.1. The highest BCUT2D eigenvalue weighted by molar-refractivity contribution is 7.89. The average molecular weight is 444 g/mol. The highest BCUT2D eigenvalue weighted by Crippen LogP contribution is 2.19. The molecule has 2 aromatic rings. The average Bonchev–Trinajstić information content (AvgIpc) is 2.73. The van der Waals surface area contributed by atoms with Gasteiger partial charge >= 0.3 is 6.18 Å². The molecule has 30 heavy (non-hydrogen) atoms. The van der Waals surface area contributed by atoms with Gasteiger partial charge in [0.15, 0.2) is 0 Å². The fourth-order valence-corrected chi connectivity index (χ4v) is 3.78. The van der Waals surface area contributed by atoms with E-state index in [9.17, 15) is 26.4 Å². The van der Waals surface area contributed by atoms with Crippen LogP contribution in [0.15, 0.2) is 47.5 Å². The van der Waals surface area contributed by atoms with E-state index in [1.165, 1.54) is 16.9 Å². The Morgan fingerprint density at radius 3 is 2.53 bits per heavy atom. The number of hydrogen-bond donors (Lipinski definition) is 2. The summed E-state index contributed by atoms with van der Waals surface area (Å²) < 4.78 is 67.7. The number of halogens is 3. The monoisotopic (exact) mass is 444 g/mol. The third-order valence-corrected chi connectivity index (χ3v) is 5.63. The summed E-state index contributed by atoms with van der Waals surface area (Å²) >= 11 is 0. The van der Waals surface area contributed by atoms with E-state index in [1.54, 1.807) is 18.3 Å². The molecule has 1 aliphatic rings. The lowest BCUT2D eigenvalue weighted by atomic mass is 10.2. The predicted molar refractivity (Wildman–Crippen MR) is 103 cm³/mol. The van der Waals surface area contributed by atoms with Gasteiger partial charge in [0.05, 0.1) is 30.0 Å². The van der Waals surface area contributed by atoms with E-state index in [1.807, 2.05) is 0 Å². The molecule has 3 rings (SSSR count). The van der Waals surface area contributed by atoms with E-state index >= 15 is 0 Å². The van der Waals surface area contributed by atoms with Crippen LogP contribution in [0.5, 0.6) is 0 Å². The molecule has 0 spiro atoms. The van der Waals surface area contributed by atoms with Crippen molar-refractivity contribution in [3.05, 3.63) is 48.2 Å². The summed E-state index contributed by atoms with van der Waals surface area (Å²) in [6, 6.07) is 8.11. The smallest absolute Gasteiger partial charge is 0.378 e. The number of carbonyl (C=O) groups excluding carboxylic acids is 1. The van der Waals surface area contributed by atoms with E-state index in [4.69, 9.17) is 4.74 Å². The van der Waals surface area contributed by atoms with Crippen molar-refractivity contribution in [2.45, 2.75) is 11.1 Å². The fraction of sp³-hybridized carbons (Fsp3) is 0.333. The maximum absolute atomic E-state index is 12.4. The molecule has 12 heteroatoms. The Morgan fingerprint density at radius 1 is 1.17 bits per heavy atom. The molecule has 0 saturated carbocycles. The summed E-state index contributed by atoms with van der Waals surface area (Å²) in [6.07, 6.45) is -3.09. The van der Waals surface area contributed by atoms with E-state index < -0.39 is 33.5 Å². The Labute approximate surface area is 171 Å². The highest BCUT2D eigenvalue weighted by atomic mass is 32.2. The zero-order valence-corrected chi connectivity index (χ0v) is 16.5. The predicted octanol–water partition coefficient (Wildman–Crippen LogP) is 2.01. The maximum Gasteiger partial charge on any atom is 0.402 e. The van der Waals surface area contributed by atoms with Gasteiger partial charge < -0.3 is 15.0 Å². The number of morpholine rings is 1. The summed E-state index contributed by atoms with van der Waals surface area (Å²) in [5.41, 5.74) is 0.837. The largest absolute Gasteiger partial charge is 0.402 e. The number of nitrogens with one attached hydrogen (secondary N) is 2. The van der Waals surface area contributed by atoms with Crippen LogP contribution in [0.1, 0.15) is 10.4 Å². The van der Waals surface area contributed by atoms with Gasteiger partial charge in [-0.25, -0.2) is 18.1 Å². The van der Waals surface area contributed by atoms with Gasteiger partial charge in [-0.2, -0.15) is 13.2 Å². The Bertz CT molecular complexity index is 991. The second-order valence-electron chi connectivity index (χ2n) is 6.42. The van der Waals surface area contributed by atoms with Crippen LogP contribution in [-0.4, -0.2) is 58.3 Å². The van der Waals surface area contributed by atoms with Gasteiger partial charge in [-0.3, -0.25) is 4.79 Å². The first-order valence-electron chi connectivity index (χ1n) is 8.91. The van der Waals surface area contributed by atoms with E-state index in [0.29, 0.717) is 13.2 Å². The lowest BCUT2D eigenvalue weighted by molar-refractivity contribution is -0.121. The summed E-state index contributed by atoms with van der Waals surface area (Å²) in [7, 11) is -4.42. The zero-order valence-electron chi connectivity index (χ0n) is 15.6. The van der Waals surface area contributed by atoms with Gasteiger partial charge in [-0.15, -0.1) is 0 Å². The number of carbonyl (C=O) groups is 1. The molecule has 1 amide bonds. The van der Waals surface area contributed by atoms with Gasteiger partial charge in [0.1, 0.15) is 12.4 Å². The number of rotatable bonds is 6. The van der Waals surface area contributed by atoms with Crippen LogP contribution in [0, 0.1) is 0 Å². The number of ether oxygens (including phenoxy) is 1. The summed E-state index contributed by atoms with van der Waals surface area (Å²) in [5, 5.41) is 2.53. The van der Waals surface area contributed by atoms with Crippen LogP contribution in [0.4, 0.5) is 24.7 Å². The van der Waals surface area contributed by atoms with Crippen molar-refractivity contribution in [3.8, 4) is 0 Å². The number of pyridine rings is 1. The molecule has 0 aliphatic carbocycles. The molecular formula is C18H19F3N4O4S. The Kier molecular flexibility index (Phi) is 6.58. The van der Waals surface area contributed by atoms with Gasteiger partial charge in [-0.1, -0.05) is 6.07 Å². The number of alkyl halides is 3. The van der Waals surface area contributed by atoms with Gasteiger partial charge in [0.2, 0.25) is 10.0 Å². The van der Waals surface area contributed by atoms with Crippen LogP contribution in [-0.2, 0) is 14.8 Å². The summed E-state index contributed by atoms with van der Waals surface area (Å²) in [4.78, 5) is 18.2. The molecule has 0 radical (unpaired) electrons. The van der Waals surface area contributed by atoms with Crippen molar-refractivity contribution in [1.29, 1.82) is 0 Å². The van der Waals surface area contributed by atoms with Crippen LogP contribution < -0.4 is 14.9 Å². The molecular weight excluding hydrogens is 425 g/mol. The molecule has 2 N–H and O–H groups in total. The van der Waals surface area contributed by atoms with Crippen molar-refractivity contribution >= 4 is 27.4 Å². The Morgan fingerprint density at radius 2 is 1.90 bits per heavy atom. The second-order valence-corrected chi connectivity index (χ2v) is 8.19. The Hall–Kier alpha value is -2.70. The standard InChI is InChI=1S/C18H19F3N4O4S/c19-18(20,21)12-23-30(27,28)15-3-1-2-13(10-15)17(26)24-16-5-4-14(11-22-16)25-6-8-29-9-7-25/h1-5,10-11,23H,6-9,12H2,(H,22,24,26). The van der Waals surface area contributed by atoms with Crippen molar-refractivity contribution in [3.63, 3.8) is 0 Å². The third-order valence-electron chi connectivity index (χ3n) is 4.23. The number of benzene rings is 1. The molecule has 2 heterocycles. The van der Waals surface area contributed by atoms with E-state index in [-0.39, 0.29) is 11.4 Å². The van der Waals surface area contributed by atoms with Gasteiger partial charge in [0, 0.05) is 18.7 Å². The molecule has 1 aromatic carbocycles. The minimum atomic E-state index is -4.69. The number of amides is 1. The van der Waals surface area contributed by atoms with Crippen molar-refractivity contribution in [2.75, 3.05) is 43.1 Å². The molecule has 8 nitrogen and oxygen atoms in total. The number of hydrogen-bond acceptors (Lipinski definition) is 6. The maximum atomic E-state index is 12.4. The number of sulfonamides is 1. The van der Waals surface area contributed by atoms with E-state index in [2.05, 4.69) is 15.2 Å². The van der Waals surface area contributed by atoms with Crippen molar-refractivity contribution < 1.29 is 31.1 Å². The molecule has 1 fully saturated rings. The van der Waals surface area contributed by atoms with Crippen molar-refractivity contribution in [1.82, 2.24) is 9.71 Å². The minimum Gasteiger partial charge on any atom is -0.378 e. The quantitative estimate of drug-likeness (QED) is 0.707. The summed E-state index contributed by atoms with van der Waals surface area (Å²) in [6.45, 7) is 1.00. The number of aromatic nitrogens is 1. The lowest BCUT2D eigenvalue weighted by Gasteiger charge is -2.28. The van der Waals surface area contributed by atoms with E-state index in [0.717, 1.165) is 30.9 Å². The zero-order chi connectivity index (χ0) is 21.8. The molecule has 1 aromatic heterocycles. The number of nitrogens with zero attached hydrogens (tertiary/aromatic N) is 2. The van der Waals surface area contributed by atoms with Crippen LogP contribution in [0.2, 0.25) is 0 Å². The minimum absolute atomic E-state index is 0.0380. The summed E-state index contributed by atoms with van der Waals surface area (Å²) in [5.74, 6) is -0.394. The first kappa shape index (κ1) is 22.0. The second kappa shape index (κ2) is 8.98. The molecule has 1 aliphatic heterocycles. The molecule has 162 valence electrons. The van der Waals surface area contributed by atoms with Crippen LogP contribution in [0.25, 0.3) is 0 Å². The van der Waals surface area contributed by atoms with Crippen LogP contribution >= 0.6 is 0 Å². The normalized spacial score (nSPS) is 15.1. The third kappa shape index (κ3) is 5.90. The van der Waals surface area contributed by atoms with Crippen LogP contribution in [0.3, 0.4) is 0 Å². The highest BCUT2D eigenvalue weighted by Gasteiger charge is 2.30. The first-order valence-corrected chi connectivity index (χ1v) is 10.4. The van der Waals surface area contributed by atoms with Gasteiger partial charge in [-0.05, 0) is 30.3 Å². The Balaban J connectivity index is 1.68. The molecule has 0 atom stereocenters. The fourth-order valence-electron chi connectivity index (χ4n) is 2.72.